The molecule has 1 heterocycles. The fourth-order valence-electron chi connectivity index (χ4n) is 2.31. The monoisotopic (exact) mass is 329 g/mol. The Morgan fingerprint density at radius 3 is 2.79 bits per heavy atom. The van der Waals surface area contributed by atoms with E-state index in [2.05, 4.69) is 6.58 Å². The quantitative estimate of drug-likeness (QED) is 0.565. The molecule has 1 amide bonds. The maximum atomic E-state index is 12.7. The van der Waals surface area contributed by atoms with E-state index < -0.39 is 6.10 Å². The largest absolute Gasteiger partial charge is 0.508 e. The van der Waals surface area contributed by atoms with Gasteiger partial charge in [-0.15, -0.1) is 6.58 Å². The van der Waals surface area contributed by atoms with Gasteiger partial charge >= 0.3 is 0 Å². The Kier molecular flexibility index (Phi) is 6.63. The van der Waals surface area contributed by atoms with E-state index >= 15 is 0 Å². The molecular formula is C19H23NO4. The first-order chi connectivity index (χ1) is 11.6. The first-order valence-electron chi connectivity index (χ1n) is 7.92. The Hall–Kier alpha value is -2.53. The van der Waals surface area contributed by atoms with Crippen LogP contribution in [0.25, 0.3) is 0 Å². The number of carbonyl (C=O) groups excluding carboxylic acids is 1. The van der Waals surface area contributed by atoms with Crippen molar-refractivity contribution in [2.24, 2.45) is 0 Å². The summed E-state index contributed by atoms with van der Waals surface area (Å²) in [6.45, 7) is 6.40. The lowest BCUT2D eigenvalue weighted by Crippen LogP contribution is -2.38. The van der Waals surface area contributed by atoms with E-state index in [1.165, 1.54) is 0 Å². The van der Waals surface area contributed by atoms with Crippen LogP contribution in [0.5, 0.6) is 5.75 Å². The second-order valence-electron chi connectivity index (χ2n) is 5.49. The van der Waals surface area contributed by atoms with Crippen LogP contribution in [-0.4, -0.2) is 28.6 Å². The predicted molar refractivity (Wildman–Crippen MR) is 91.3 cm³/mol. The Labute approximate surface area is 142 Å². The molecule has 0 spiro atoms. The molecule has 0 radical (unpaired) electrons. The number of phenols is 1. The number of carbonyl (C=O) groups is 1. The molecule has 0 saturated carbocycles. The highest BCUT2D eigenvalue weighted by atomic mass is 16.5. The van der Waals surface area contributed by atoms with Crippen LogP contribution in [0.4, 0.5) is 0 Å². The number of para-hydroxylation sites is 1. The van der Waals surface area contributed by atoms with E-state index in [-0.39, 0.29) is 18.2 Å². The highest BCUT2D eigenvalue weighted by molar-refractivity contribution is 5.80. The maximum Gasteiger partial charge on any atom is 0.252 e. The van der Waals surface area contributed by atoms with E-state index in [9.17, 15) is 9.90 Å². The molecule has 1 aromatic carbocycles. The summed E-state index contributed by atoms with van der Waals surface area (Å²) < 4.78 is 10.9. The number of nitrogens with zero attached hydrogens (tertiary/aromatic N) is 1. The van der Waals surface area contributed by atoms with Crippen LogP contribution in [0, 0.1) is 0 Å². The SMILES string of the molecule is C=CCCO[C@H](C)C(=O)N(Cc1ccco1)Cc1ccccc1O. The van der Waals surface area contributed by atoms with E-state index in [1.54, 1.807) is 48.4 Å². The summed E-state index contributed by atoms with van der Waals surface area (Å²) in [7, 11) is 0. The molecule has 24 heavy (non-hydrogen) atoms. The first-order valence-corrected chi connectivity index (χ1v) is 7.92. The van der Waals surface area contributed by atoms with Crippen molar-refractivity contribution in [3.8, 4) is 5.75 Å². The van der Waals surface area contributed by atoms with E-state index in [1.807, 2.05) is 12.1 Å². The highest BCUT2D eigenvalue weighted by Gasteiger charge is 2.23. The molecule has 128 valence electrons. The van der Waals surface area contributed by atoms with Crippen molar-refractivity contribution in [2.75, 3.05) is 6.61 Å². The average Bonchev–Trinajstić information content (AvgIpc) is 3.08. The Morgan fingerprint density at radius 2 is 2.12 bits per heavy atom. The van der Waals surface area contributed by atoms with Gasteiger partial charge in [0.05, 0.1) is 19.4 Å². The molecule has 0 aliphatic heterocycles. The van der Waals surface area contributed by atoms with Crippen molar-refractivity contribution < 1.29 is 19.1 Å². The lowest BCUT2D eigenvalue weighted by Gasteiger charge is -2.25. The number of aromatic hydroxyl groups is 1. The first kappa shape index (κ1) is 17.8. The van der Waals surface area contributed by atoms with Crippen LogP contribution in [0.2, 0.25) is 0 Å². The zero-order chi connectivity index (χ0) is 17.4. The molecule has 1 aromatic heterocycles. The fourth-order valence-corrected chi connectivity index (χ4v) is 2.31. The molecule has 0 bridgehead atoms. The summed E-state index contributed by atoms with van der Waals surface area (Å²) >= 11 is 0. The number of rotatable bonds is 9. The second-order valence-corrected chi connectivity index (χ2v) is 5.49. The molecule has 0 unspecified atom stereocenters. The highest BCUT2D eigenvalue weighted by Crippen LogP contribution is 2.20. The third kappa shape index (κ3) is 4.99. The number of phenolic OH excluding ortho intramolecular Hbond substituents is 1. The number of hydrogen-bond donors (Lipinski definition) is 1. The minimum Gasteiger partial charge on any atom is -0.508 e. The van der Waals surface area contributed by atoms with Gasteiger partial charge in [-0.05, 0) is 31.5 Å². The molecule has 2 aromatic rings. The van der Waals surface area contributed by atoms with Gasteiger partial charge in [-0.3, -0.25) is 4.79 Å². The molecule has 0 aliphatic carbocycles. The van der Waals surface area contributed by atoms with Crippen LogP contribution in [0.1, 0.15) is 24.7 Å². The zero-order valence-electron chi connectivity index (χ0n) is 13.9. The molecule has 0 aliphatic rings. The van der Waals surface area contributed by atoms with Crippen LogP contribution < -0.4 is 0 Å². The molecule has 0 saturated heterocycles. The lowest BCUT2D eigenvalue weighted by molar-refractivity contribution is -0.144. The molecule has 5 heteroatoms. The van der Waals surface area contributed by atoms with Crippen LogP contribution >= 0.6 is 0 Å². The minimum absolute atomic E-state index is 0.154. The minimum atomic E-state index is -0.578. The van der Waals surface area contributed by atoms with Crippen molar-refractivity contribution in [3.05, 3.63) is 66.6 Å². The Bertz CT molecular complexity index is 651. The number of furan rings is 1. The predicted octanol–water partition coefficient (Wildman–Crippen LogP) is 3.50. The van der Waals surface area contributed by atoms with Gasteiger partial charge in [0.25, 0.3) is 5.91 Å². The summed E-state index contributed by atoms with van der Waals surface area (Å²) in [5.74, 6) is 0.686. The van der Waals surface area contributed by atoms with Gasteiger partial charge in [-0.1, -0.05) is 24.3 Å². The molecule has 0 fully saturated rings. The number of hydrogen-bond acceptors (Lipinski definition) is 4. The van der Waals surface area contributed by atoms with E-state index in [0.29, 0.717) is 30.9 Å². The van der Waals surface area contributed by atoms with Gasteiger partial charge in [-0.25, -0.2) is 0 Å². The smallest absolute Gasteiger partial charge is 0.252 e. The van der Waals surface area contributed by atoms with Crippen molar-refractivity contribution in [1.82, 2.24) is 4.90 Å². The van der Waals surface area contributed by atoms with Gasteiger partial charge in [0.2, 0.25) is 0 Å². The number of benzene rings is 1. The number of ether oxygens (including phenoxy) is 1. The summed E-state index contributed by atoms with van der Waals surface area (Å²) in [5, 5.41) is 9.98. The van der Waals surface area contributed by atoms with Gasteiger partial charge in [0.1, 0.15) is 17.6 Å². The van der Waals surface area contributed by atoms with Gasteiger partial charge in [0, 0.05) is 12.1 Å². The van der Waals surface area contributed by atoms with Crippen molar-refractivity contribution in [1.29, 1.82) is 0 Å². The summed E-state index contributed by atoms with van der Waals surface area (Å²) in [5.41, 5.74) is 0.677. The fraction of sp³-hybridized carbons (Fsp3) is 0.316. The van der Waals surface area contributed by atoms with Gasteiger partial charge < -0.3 is 19.2 Å². The molecule has 1 atom stereocenters. The van der Waals surface area contributed by atoms with Crippen LogP contribution in [0.15, 0.2) is 59.7 Å². The normalized spacial score (nSPS) is 11.9. The zero-order valence-corrected chi connectivity index (χ0v) is 13.9. The molecule has 2 rings (SSSR count). The van der Waals surface area contributed by atoms with E-state index in [4.69, 9.17) is 9.15 Å². The summed E-state index contributed by atoms with van der Waals surface area (Å²) in [4.78, 5) is 14.3. The van der Waals surface area contributed by atoms with Crippen LogP contribution in [-0.2, 0) is 22.6 Å². The van der Waals surface area contributed by atoms with Crippen molar-refractivity contribution in [2.45, 2.75) is 32.5 Å². The molecular weight excluding hydrogens is 306 g/mol. The summed E-state index contributed by atoms with van der Waals surface area (Å²) in [6, 6.07) is 10.6. The summed E-state index contributed by atoms with van der Waals surface area (Å²) in [6.07, 6.45) is 3.43. The van der Waals surface area contributed by atoms with Crippen molar-refractivity contribution in [3.63, 3.8) is 0 Å². The third-order valence-corrected chi connectivity index (χ3v) is 3.63. The Morgan fingerprint density at radius 1 is 1.33 bits per heavy atom. The van der Waals surface area contributed by atoms with Gasteiger partial charge in [-0.2, -0.15) is 0 Å². The second kappa shape index (κ2) is 8.93. The lowest BCUT2D eigenvalue weighted by atomic mass is 10.1. The average molecular weight is 329 g/mol. The molecule has 5 nitrogen and oxygen atoms in total. The Balaban J connectivity index is 2.11. The van der Waals surface area contributed by atoms with Gasteiger partial charge in [0.15, 0.2) is 0 Å². The maximum absolute atomic E-state index is 12.7. The van der Waals surface area contributed by atoms with E-state index in [0.717, 1.165) is 0 Å². The van der Waals surface area contributed by atoms with Crippen molar-refractivity contribution >= 4 is 5.91 Å². The standard InChI is InChI=1S/C19H23NO4/c1-3-4-11-23-15(2)19(22)20(14-17-9-7-12-24-17)13-16-8-5-6-10-18(16)21/h3,5-10,12,15,21H,1,4,11,13-14H2,2H3/t15-/m1/s1. The third-order valence-electron chi connectivity index (χ3n) is 3.63. The topological polar surface area (TPSA) is 62.9 Å². The number of amides is 1. The van der Waals surface area contributed by atoms with Crippen LogP contribution in [0.3, 0.4) is 0 Å². The molecule has 1 N–H and O–H groups in total.